The Hall–Kier alpha value is -2.87. The van der Waals surface area contributed by atoms with Crippen LogP contribution in [0.1, 0.15) is 17.5 Å². The third kappa shape index (κ3) is 4.95. The van der Waals surface area contributed by atoms with E-state index in [4.69, 9.17) is 9.15 Å². The van der Waals surface area contributed by atoms with Crippen molar-refractivity contribution in [1.82, 2.24) is 0 Å². The van der Waals surface area contributed by atoms with Crippen molar-refractivity contribution in [3.8, 4) is 5.75 Å². The normalized spacial score (nSPS) is 11.1. The minimum Gasteiger partial charge on any atom is -0.497 e. The van der Waals surface area contributed by atoms with Crippen LogP contribution in [0.5, 0.6) is 5.75 Å². The molecule has 0 atom stereocenters. The van der Waals surface area contributed by atoms with Crippen LogP contribution in [0, 0.1) is 6.92 Å². The molecule has 5 nitrogen and oxygen atoms in total. The molecule has 1 aromatic heterocycles. The molecule has 3 aromatic rings. The maximum absolute atomic E-state index is 12.7. The third-order valence-corrected chi connectivity index (χ3v) is 5.26. The lowest BCUT2D eigenvalue weighted by atomic mass is 10.0. The largest absolute Gasteiger partial charge is 0.497 e. The van der Waals surface area contributed by atoms with Gasteiger partial charge in [0.2, 0.25) is 5.91 Å². The Morgan fingerprint density at radius 1 is 1.24 bits per heavy atom. The highest BCUT2D eigenvalue weighted by atomic mass is 32.2. The van der Waals surface area contributed by atoms with Crippen molar-refractivity contribution >= 4 is 34.3 Å². The molecule has 0 spiro atoms. The molecule has 0 fully saturated rings. The summed E-state index contributed by atoms with van der Waals surface area (Å²) in [5.74, 6) is -2.38. The SMILES string of the molecule is COc1ccc2c(C)c(CCC(=O)Nc3ccccc3SC(F)F)c(=O)oc2c1. The van der Waals surface area contributed by atoms with E-state index in [-0.39, 0.29) is 23.6 Å². The van der Waals surface area contributed by atoms with Gasteiger partial charge in [0.25, 0.3) is 5.76 Å². The van der Waals surface area contributed by atoms with Crippen LogP contribution in [0.2, 0.25) is 0 Å². The topological polar surface area (TPSA) is 68.5 Å². The molecule has 1 amide bonds. The molecule has 1 heterocycles. The number of ether oxygens (including phenoxy) is 1. The number of para-hydroxylation sites is 1. The van der Waals surface area contributed by atoms with E-state index in [9.17, 15) is 18.4 Å². The number of amides is 1. The zero-order chi connectivity index (χ0) is 21.0. The number of methoxy groups -OCH3 is 1. The summed E-state index contributed by atoms with van der Waals surface area (Å²) in [7, 11) is 1.52. The van der Waals surface area contributed by atoms with Gasteiger partial charge in [-0.1, -0.05) is 23.9 Å². The van der Waals surface area contributed by atoms with Crippen molar-refractivity contribution in [2.24, 2.45) is 0 Å². The predicted molar refractivity (Wildman–Crippen MR) is 109 cm³/mol. The zero-order valence-electron chi connectivity index (χ0n) is 15.8. The van der Waals surface area contributed by atoms with E-state index >= 15 is 0 Å². The molecule has 0 aliphatic carbocycles. The van der Waals surface area contributed by atoms with Crippen LogP contribution < -0.4 is 15.7 Å². The molecule has 0 bridgehead atoms. The van der Waals surface area contributed by atoms with Crippen molar-refractivity contribution < 1.29 is 22.7 Å². The van der Waals surface area contributed by atoms with Gasteiger partial charge < -0.3 is 14.5 Å². The molecule has 1 N–H and O–H groups in total. The number of carbonyl (C=O) groups is 1. The van der Waals surface area contributed by atoms with Crippen LogP contribution in [-0.4, -0.2) is 18.8 Å². The Bertz CT molecular complexity index is 1100. The molecular formula is C21H19F2NO4S. The fourth-order valence-corrected chi connectivity index (χ4v) is 3.61. The molecule has 0 saturated heterocycles. The monoisotopic (exact) mass is 419 g/mol. The van der Waals surface area contributed by atoms with E-state index in [0.717, 1.165) is 10.9 Å². The summed E-state index contributed by atoms with van der Waals surface area (Å²) in [6.07, 6.45) is 0.188. The van der Waals surface area contributed by atoms with Crippen molar-refractivity contribution in [1.29, 1.82) is 0 Å². The number of hydrogen-bond donors (Lipinski definition) is 1. The molecule has 0 radical (unpaired) electrons. The summed E-state index contributed by atoms with van der Waals surface area (Å²) in [4.78, 5) is 25.0. The highest BCUT2D eigenvalue weighted by Crippen LogP contribution is 2.31. The first kappa shape index (κ1) is 20.9. The van der Waals surface area contributed by atoms with E-state index in [1.165, 1.54) is 13.2 Å². The summed E-state index contributed by atoms with van der Waals surface area (Å²) in [6, 6.07) is 11.6. The van der Waals surface area contributed by atoms with Crippen LogP contribution >= 0.6 is 11.8 Å². The summed E-state index contributed by atoms with van der Waals surface area (Å²) < 4.78 is 35.9. The maximum Gasteiger partial charge on any atom is 0.339 e. The lowest BCUT2D eigenvalue weighted by molar-refractivity contribution is -0.116. The van der Waals surface area contributed by atoms with Crippen LogP contribution in [0.3, 0.4) is 0 Å². The molecule has 8 heteroatoms. The molecule has 0 unspecified atom stereocenters. The number of benzene rings is 2. The Morgan fingerprint density at radius 3 is 2.72 bits per heavy atom. The van der Waals surface area contributed by atoms with Gasteiger partial charge >= 0.3 is 5.63 Å². The summed E-state index contributed by atoms with van der Waals surface area (Å²) in [5.41, 5.74) is 1.37. The molecule has 29 heavy (non-hydrogen) atoms. The average Bonchev–Trinajstić information content (AvgIpc) is 2.68. The van der Waals surface area contributed by atoms with Crippen molar-refractivity contribution in [3.05, 3.63) is 64.0 Å². The van der Waals surface area contributed by atoms with Gasteiger partial charge in [-0.25, -0.2) is 4.79 Å². The molecule has 0 aliphatic heterocycles. The van der Waals surface area contributed by atoms with Gasteiger partial charge in [-0.05, 0) is 43.2 Å². The van der Waals surface area contributed by atoms with Crippen LogP contribution in [0.4, 0.5) is 14.5 Å². The quantitative estimate of drug-likeness (QED) is 0.431. The number of carbonyl (C=O) groups excluding carboxylic acids is 1. The highest BCUT2D eigenvalue weighted by molar-refractivity contribution is 7.99. The van der Waals surface area contributed by atoms with Gasteiger partial charge in [0.05, 0.1) is 12.8 Å². The van der Waals surface area contributed by atoms with Gasteiger partial charge in [0.15, 0.2) is 0 Å². The van der Waals surface area contributed by atoms with Gasteiger partial charge in [0, 0.05) is 28.3 Å². The van der Waals surface area contributed by atoms with Crippen LogP contribution in [-0.2, 0) is 11.2 Å². The molecule has 2 aromatic carbocycles. The predicted octanol–water partition coefficient (Wildman–Crippen LogP) is 5.00. The fourth-order valence-electron chi connectivity index (χ4n) is 3.01. The Kier molecular flexibility index (Phi) is 6.53. The summed E-state index contributed by atoms with van der Waals surface area (Å²) in [6.45, 7) is 1.80. The van der Waals surface area contributed by atoms with Gasteiger partial charge in [-0.15, -0.1) is 0 Å². The van der Waals surface area contributed by atoms with Crippen molar-refractivity contribution in [3.63, 3.8) is 0 Å². The van der Waals surface area contributed by atoms with Gasteiger partial charge in [-0.2, -0.15) is 8.78 Å². The Labute approximate surface area is 170 Å². The van der Waals surface area contributed by atoms with Crippen molar-refractivity contribution in [2.75, 3.05) is 12.4 Å². The number of alkyl halides is 2. The number of rotatable bonds is 7. The molecule has 3 rings (SSSR count). The Balaban J connectivity index is 1.76. The number of aryl methyl sites for hydroxylation is 1. The first-order chi connectivity index (χ1) is 13.9. The summed E-state index contributed by atoms with van der Waals surface area (Å²) >= 11 is 0.367. The van der Waals surface area contributed by atoms with E-state index in [2.05, 4.69) is 5.32 Å². The Morgan fingerprint density at radius 2 is 2.00 bits per heavy atom. The first-order valence-corrected chi connectivity index (χ1v) is 9.71. The number of anilines is 1. The van der Waals surface area contributed by atoms with Crippen LogP contribution in [0.25, 0.3) is 11.0 Å². The number of fused-ring (bicyclic) bond motifs is 1. The number of nitrogens with one attached hydrogen (secondary N) is 1. The lowest BCUT2D eigenvalue weighted by Crippen LogP contribution is -2.17. The lowest BCUT2D eigenvalue weighted by Gasteiger charge is -2.11. The smallest absolute Gasteiger partial charge is 0.339 e. The average molecular weight is 419 g/mol. The second-order valence-corrected chi connectivity index (χ2v) is 7.31. The highest BCUT2D eigenvalue weighted by Gasteiger charge is 2.15. The molecule has 0 aliphatic rings. The van der Waals surface area contributed by atoms with Crippen molar-refractivity contribution in [2.45, 2.75) is 30.4 Å². The zero-order valence-corrected chi connectivity index (χ0v) is 16.6. The molecule has 152 valence electrons. The standard InChI is InChI=1S/C21H19F2NO4S/c1-12-14-8-7-13(27-2)11-17(14)28-20(26)15(12)9-10-19(25)24-16-5-3-4-6-18(16)29-21(22)23/h3-8,11,21H,9-10H2,1-2H3,(H,24,25). The van der Waals surface area contributed by atoms with Crippen LogP contribution in [0.15, 0.2) is 56.6 Å². The maximum atomic E-state index is 12.7. The third-order valence-electron chi connectivity index (χ3n) is 4.47. The first-order valence-electron chi connectivity index (χ1n) is 8.83. The summed E-state index contributed by atoms with van der Waals surface area (Å²) in [5, 5.41) is 3.40. The second kappa shape index (κ2) is 9.09. The number of hydrogen-bond acceptors (Lipinski definition) is 5. The number of halogens is 2. The van der Waals surface area contributed by atoms with E-state index in [1.54, 1.807) is 43.3 Å². The minimum atomic E-state index is -2.59. The fraction of sp³-hybridized carbons (Fsp3) is 0.238. The van der Waals surface area contributed by atoms with E-state index in [0.29, 0.717) is 34.3 Å². The van der Waals surface area contributed by atoms with Gasteiger partial charge in [0.1, 0.15) is 11.3 Å². The van der Waals surface area contributed by atoms with Gasteiger partial charge in [-0.3, -0.25) is 4.79 Å². The van der Waals surface area contributed by atoms with E-state index < -0.39 is 11.4 Å². The molecular weight excluding hydrogens is 400 g/mol. The van der Waals surface area contributed by atoms with E-state index in [1.807, 2.05) is 0 Å². The minimum absolute atomic E-state index is 0.0148. The number of thioether (sulfide) groups is 1. The second-order valence-electron chi connectivity index (χ2n) is 6.28. The molecule has 0 saturated carbocycles.